The Morgan fingerprint density at radius 3 is 2.17 bits per heavy atom. The number of hydrogen-bond donors (Lipinski definition) is 1. The number of aryl methyl sites for hydroxylation is 3. The zero-order valence-electron chi connectivity index (χ0n) is 10.1. The van der Waals surface area contributed by atoms with Crippen LogP contribution in [0, 0.1) is 6.92 Å². The number of aromatic hydroxyl groups is 1. The average Bonchev–Trinajstić information content (AvgIpc) is 2.33. The van der Waals surface area contributed by atoms with Crippen LogP contribution in [0.15, 0.2) is 45.3 Å². The monoisotopic (exact) mass is 368 g/mol. The highest BCUT2D eigenvalue weighted by Crippen LogP contribution is 2.33. The van der Waals surface area contributed by atoms with E-state index in [1.165, 1.54) is 16.7 Å². The quantitative estimate of drug-likeness (QED) is 0.806. The van der Waals surface area contributed by atoms with Gasteiger partial charge in [-0.1, -0.05) is 29.8 Å². The van der Waals surface area contributed by atoms with Crippen LogP contribution in [0.3, 0.4) is 0 Å². The van der Waals surface area contributed by atoms with Gasteiger partial charge in [-0.15, -0.1) is 0 Å². The maximum Gasteiger partial charge on any atom is 0.143 e. The molecule has 0 fully saturated rings. The minimum atomic E-state index is 0.259. The number of rotatable bonds is 3. The largest absolute Gasteiger partial charge is 0.506 e. The lowest BCUT2D eigenvalue weighted by molar-refractivity contribution is 0.468. The van der Waals surface area contributed by atoms with Gasteiger partial charge in [0.05, 0.1) is 8.95 Å². The van der Waals surface area contributed by atoms with Gasteiger partial charge < -0.3 is 5.11 Å². The lowest BCUT2D eigenvalue weighted by atomic mass is 10.0. The van der Waals surface area contributed by atoms with Crippen LogP contribution in [0.4, 0.5) is 0 Å². The van der Waals surface area contributed by atoms with Crippen molar-refractivity contribution in [3.8, 4) is 5.75 Å². The first kappa shape index (κ1) is 13.6. The summed E-state index contributed by atoms with van der Waals surface area (Å²) >= 11 is 6.71. The number of halogens is 2. The Labute approximate surface area is 124 Å². The summed E-state index contributed by atoms with van der Waals surface area (Å²) in [5, 5.41) is 9.66. The van der Waals surface area contributed by atoms with Crippen molar-refractivity contribution in [3.63, 3.8) is 0 Å². The molecule has 0 aromatic heterocycles. The molecule has 2 rings (SSSR count). The standard InChI is InChI=1S/C15H14Br2O/c1-10-3-2-4-11(7-10)5-6-12-8-13(16)15(18)14(17)9-12/h2-4,7-9,18H,5-6H2,1H3. The van der Waals surface area contributed by atoms with E-state index in [4.69, 9.17) is 0 Å². The van der Waals surface area contributed by atoms with Gasteiger partial charge in [0.15, 0.2) is 0 Å². The third-order valence-corrected chi connectivity index (χ3v) is 4.07. The predicted octanol–water partition coefficient (Wildman–Crippen LogP) is 5.01. The fourth-order valence-electron chi connectivity index (χ4n) is 1.92. The molecule has 0 unspecified atom stereocenters. The molecule has 94 valence electrons. The Hall–Kier alpha value is -0.800. The fourth-order valence-corrected chi connectivity index (χ4v) is 3.20. The Morgan fingerprint density at radius 2 is 1.56 bits per heavy atom. The molecule has 0 aliphatic rings. The molecule has 0 aliphatic carbocycles. The highest BCUT2D eigenvalue weighted by molar-refractivity contribution is 9.11. The number of benzene rings is 2. The first-order chi connectivity index (χ1) is 8.56. The first-order valence-electron chi connectivity index (χ1n) is 5.78. The minimum absolute atomic E-state index is 0.259. The Kier molecular flexibility index (Phi) is 4.46. The van der Waals surface area contributed by atoms with E-state index in [0.717, 1.165) is 21.8 Å². The van der Waals surface area contributed by atoms with Crippen LogP contribution in [-0.4, -0.2) is 5.11 Å². The molecule has 1 N–H and O–H groups in total. The van der Waals surface area contributed by atoms with E-state index in [-0.39, 0.29) is 5.75 Å². The summed E-state index contributed by atoms with van der Waals surface area (Å²) in [6, 6.07) is 12.5. The number of hydrogen-bond acceptors (Lipinski definition) is 1. The van der Waals surface area contributed by atoms with Gasteiger partial charge in [0.25, 0.3) is 0 Å². The summed E-state index contributed by atoms with van der Waals surface area (Å²) < 4.78 is 1.47. The van der Waals surface area contributed by atoms with Gasteiger partial charge >= 0.3 is 0 Å². The van der Waals surface area contributed by atoms with E-state index in [1.54, 1.807) is 0 Å². The van der Waals surface area contributed by atoms with E-state index in [9.17, 15) is 5.11 Å². The van der Waals surface area contributed by atoms with Crippen LogP contribution in [0.2, 0.25) is 0 Å². The van der Waals surface area contributed by atoms with Gasteiger partial charge in [-0.05, 0) is 74.9 Å². The molecule has 2 aromatic rings. The van der Waals surface area contributed by atoms with E-state index in [1.807, 2.05) is 12.1 Å². The molecular formula is C15H14Br2O. The summed E-state index contributed by atoms with van der Waals surface area (Å²) in [4.78, 5) is 0. The molecule has 0 saturated carbocycles. The zero-order chi connectivity index (χ0) is 13.1. The molecule has 0 aliphatic heterocycles. The van der Waals surface area contributed by atoms with Crippen molar-refractivity contribution < 1.29 is 5.11 Å². The lowest BCUT2D eigenvalue weighted by Crippen LogP contribution is -1.92. The van der Waals surface area contributed by atoms with E-state index in [2.05, 4.69) is 63.0 Å². The van der Waals surface area contributed by atoms with E-state index >= 15 is 0 Å². The van der Waals surface area contributed by atoms with Gasteiger partial charge in [0.2, 0.25) is 0 Å². The summed E-state index contributed by atoms with van der Waals surface area (Å²) in [6.07, 6.45) is 1.96. The van der Waals surface area contributed by atoms with Crippen LogP contribution < -0.4 is 0 Å². The fraction of sp³-hybridized carbons (Fsp3) is 0.200. The van der Waals surface area contributed by atoms with Crippen LogP contribution >= 0.6 is 31.9 Å². The predicted molar refractivity (Wildman–Crippen MR) is 82.1 cm³/mol. The van der Waals surface area contributed by atoms with E-state index in [0.29, 0.717) is 0 Å². The maximum atomic E-state index is 9.66. The molecule has 1 nitrogen and oxygen atoms in total. The maximum absolute atomic E-state index is 9.66. The van der Waals surface area contributed by atoms with Crippen molar-refractivity contribution in [3.05, 3.63) is 62.0 Å². The normalized spacial score (nSPS) is 10.6. The van der Waals surface area contributed by atoms with Crippen molar-refractivity contribution in [2.24, 2.45) is 0 Å². The van der Waals surface area contributed by atoms with Crippen molar-refractivity contribution in [2.45, 2.75) is 19.8 Å². The summed E-state index contributed by atoms with van der Waals surface area (Å²) in [5.74, 6) is 0.259. The molecule has 0 amide bonds. The third kappa shape index (κ3) is 3.36. The average molecular weight is 370 g/mol. The second-order valence-corrected chi connectivity index (χ2v) is 6.11. The van der Waals surface area contributed by atoms with Gasteiger partial charge in [-0.3, -0.25) is 0 Å². The van der Waals surface area contributed by atoms with E-state index < -0.39 is 0 Å². The van der Waals surface area contributed by atoms with Gasteiger partial charge in [-0.2, -0.15) is 0 Å². The zero-order valence-corrected chi connectivity index (χ0v) is 13.3. The van der Waals surface area contributed by atoms with Crippen molar-refractivity contribution in [1.82, 2.24) is 0 Å². The number of phenolic OH excluding ortho intramolecular Hbond substituents is 1. The Balaban J connectivity index is 2.11. The first-order valence-corrected chi connectivity index (χ1v) is 7.37. The second kappa shape index (κ2) is 5.89. The molecule has 0 atom stereocenters. The SMILES string of the molecule is Cc1cccc(CCc2cc(Br)c(O)c(Br)c2)c1. The van der Waals surface area contributed by atoms with Crippen molar-refractivity contribution in [1.29, 1.82) is 0 Å². The van der Waals surface area contributed by atoms with Gasteiger partial charge in [0, 0.05) is 0 Å². The van der Waals surface area contributed by atoms with Crippen LogP contribution in [-0.2, 0) is 12.8 Å². The smallest absolute Gasteiger partial charge is 0.143 e. The minimum Gasteiger partial charge on any atom is -0.506 e. The third-order valence-electron chi connectivity index (χ3n) is 2.86. The topological polar surface area (TPSA) is 20.2 Å². The van der Waals surface area contributed by atoms with Crippen molar-refractivity contribution in [2.75, 3.05) is 0 Å². The summed E-state index contributed by atoms with van der Waals surface area (Å²) in [6.45, 7) is 2.11. The molecule has 18 heavy (non-hydrogen) atoms. The molecule has 0 heterocycles. The highest BCUT2D eigenvalue weighted by atomic mass is 79.9. The molecule has 0 bridgehead atoms. The molecule has 0 saturated heterocycles. The molecular weight excluding hydrogens is 356 g/mol. The van der Waals surface area contributed by atoms with Crippen LogP contribution in [0.1, 0.15) is 16.7 Å². The summed E-state index contributed by atoms with van der Waals surface area (Å²) in [7, 11) is 0. The van der Waals surface area contributed by atoms with Gasteiger partial charge in [-0.25, -0.2) is 0 Å². The molecule has 0 spiro atoms. The van der Waals surface area contributed by atoms with Crippen LogP contribution in [0.5, 0.6) is 5.75 Å². The highest BCUT2D eigenvalue weighted by Gasteiger charge is 2.06. The molecule has 0 radical (unpaired) electrons. The second-order valence-electron chi connectivity index (χ2n) is 4.40. The summed E-state index contributed by atoms with van der Waals surface area (Å²) in [5.41, 5.74) is 3.84. The number of phenols is 1. The lowest BCUT2D eigenvalue weighted by Gasteiger charge is -2.07. The molecule has 2 aromatic carbocycles. The Bertz CT molecular complexity index is 541. The van der Waals surface area contributed by atoms with Gasteiger partial charge in [0.1, 0.15) is 5.75 Å². The van der Waals surface area contributed by atoms with Crippen molar-refractivity contribution >= 4 is 31.9 Å². The Morgan fingerprint density at radius 1 is 0.944 bits per heavy atom. The van der Waals surface area contributed by atoms with Crippen LogP contribution in [0.25, 0.3) is 0 Å². The molecule has 3 heteroatoms.